The van der Waals surface area contributed by atoms with Gasteiger partial charge in [0, 0.05) is 32.2 Å². The van der Waals surface area contributed by atoms with Gasteiger partial charge in [0.1, 0.15) is 0 Å². The molecule has 2 aliphatic rings. The van der Waals surface area contributed by atoms with Gasteiger partial charge >= 0.3 is 6.03 Å². The predicted molar refractivity (Wildman–Crippen MR) is 82.8 cm³/mol. The highest BCUT2D eigenvalue weighted by Crippen LogP contribution is 2.17. The van der Waals surface area contributed by atoms with Gasteiger partial charge in [-0.25, -0.2) is 4.79 Å². The number of hydrogen-bond acceptors (Lipinski definition) is 2. The van der Waals surface area contributed by atoms with Crippen molar-refractivity contribution in [3.05, 3.63) is 0 Å². The number of likely N-dealkylation sites (tertiary alicyclic amines) is 2. The maximum Gasteiger partial charge on any atom is 0.317 e. The Morgan fingerprint density at radius 3 is 2.45 bits per heavy atom. The molecule has 0 radical (unpaired) electrons. The van der Waals surface area contributed by atoms with Gasteiger partial charge in [0.25, 0.3) is 0 Å². The Kier molecular flexibility index (Phi) is 5.70. The fourth-order valence-corrected chi connectivity index (χ4v) is 3.56. The quantitative estimate of drug-likeness (QED) is 0.863. The minimum Gasteiger partial charge on any atom is -0.334 e. The van der Waals surface area contributed by atoms with Crippen molar-refractivity contribution in [2.24, 2.45) is 11.8 Å². The molecule has 0 aromatic rings. The third-order valence-electron chi connectivity index (χ3n) is 4.59. The van der Waals surface area contributed by atoms with Crippen LogP contribution in [0.4, 0.5) is 4.79 Å². The molecular formula is C16H31N3O. The van der Waals surface area contributed by atoms with Gasteiger partial charge in [-0.3, -0.25) is 0 Å². The van der Waals surface area contributed by atoms with Crippen molar-refractivity contribution in [3.8, 4) is 0 Å². The van der Waals surface area contributed by atoms with Gasteiger partial charge < -0.3 is 15.1 Å². The first kappa shape index (κ1) is 15.6. The van der Waals surface area contributed by atoms with E-state index in [9.17, 15) is 4.79 Å². The Labute approximate surface area is 123 Å². The van der Waals surface area contributed by atoms with Crippen LogP contribution in [0.1, 0.15) is 46.5 Å². The van der Waals surface area contributed by atoms with E-state index >= 15 is 0 Å². The van der Waals surface area contributed by atoms with Crippen LogP contribution in [0.25, 0.3) is 0 Å². The van der Waals surface area contributed by atoms with E-state index in [0.29, 0.717) is 5.92 Å². The van der Waals surface area contributed by atoms with Gasteiger partial charge in [-0.15, -0.1) is 0 Å². The maximum absolute atomic E-state index is 12.3. The number of urea groups is 1. The Balaban J connectivity index is 1.73. The number of nitrogens with zero attached hydrogens (tertiary/aromatic N) is 2. The molecule has 0 aromatic heterocycles. The lowest BCUT2D eigenvalue weighted by molar-refractivity contribution is 0.151. The van der Waals surface area contributed by atoms with Gasteiger partial charge in [0.15, 0.2) is 0 Å². The average Bonchev–Trinajstić information content (AvgIpc) is 2.38. The molecule has 2 amide bonds. The monoisotopic (exact) mass is 281 g/mol. The highest BCUT2D eigenvalue weighted by molar-refractivity contribution is 5.74. The largest absolute Gasteiger partial charge is 0.334 e. The smallest absolute Gasteiger partial charge is 0.317 e. The molecule has 2 rings (SSSR count). The standard InChI is InChI=1S/C16H31N3O/c1-13-6-4-8-18(10-13)12-15(3)17-16(20)19-9-5-7-14(2)11-19/h13-15H,4-12H2,1-3H3,(H,17,20). The Hall–Kier alpha value is -0.770. The maximum atomic E-state index is 12.3. The topological polar surface area (TPSA) is 35.6 Å². The molecule has 4 nitrogen and oxygen atoms in total. The van der Waals surface area contributed by atoms with Crippen LogP contribution in [0, 0.1) is 11.8 Å². The molecule has 2 aliphatic heterocycles. The summed E-state index contributed by atoms with van der Waals surface area (Å²) in [4.78, 5) is 16.7. The van der Waals surface area contributed by atoms with Crippen LogP contribution in [-0.2, 0) is 0 Å². The third kappa shape index (κ3) is 4.65. The second-order valence-electron chi connectivity index (χ2n) is 7.05. The summed E-state index contributed by atoms with van der Waals surface area (Å²) in [5.41, 5.74) is 0. The summed E-state index contributed by atoms with van der Waals surface area (Å²) in [6, 6.07) is 0.374. The number of piperidine rings is 2. The van der Waals surface area contributed by atoms with E-state index < -0.39 is 0 Å². The van der Waals surface area contributed by atoms with E-state index in [1.807, 2.05) is 4.90 Å². The lowest BCUT2D eigenvalue weighted by Gasteiger charge is -2.35. The van der Waals surface area contributed by atoms with Crippen LogP contribution in [0.5, 0.6) is 0 Å². The van der Waals surface area contributed by atoms with Crippen molar-refractivity contribution in [1.82, 2.24) is 15.1 Å². The minimum atomic E-state index is 0.133. The fourth-order valence-electron chi connectivity index (χ4n) is 3.56. The molecule has 4 heteroatoms. The molecule has 0 bridgehead atoms. The summed E-state index contributed by atoms with van der Waals surface area (Å²) in [5, 5.41) is 3.18. The second kappa shape index (κ2) is 7.30. The van der Waals surface area contributed by atoms with Gasteiger partial charge in [-0.05, 0) is 51.0 Å². The van der Waals surface area contributed by atoms with E-state index in [2.05, 4.69) is 31.0 Å². The molecule has 2 fully saturated rings. The van der Waals surface area contributed by atoms with E-state index in [0.717, 1.165) is 32.0 Å². The highest BCUT2D eigenvalue weighted by Gasteiger charge is 2.23. The summed E-state index contributed by atoms with van der Waals surface area (Å²) in [6.45, 7) is 11.9. The lowest BCUT2D eigenvalue weighted by atomic mass is 10.00. The molecule has 2 heterocycles. The van der Waals surface area contributed by atoms with E-state index in [4.69, 9.17) is 0 Å². The van der Waals surface area contributed by atoms with Gasteiger partial charge in [-0.1, -0.05) is 13.8 Å². The molecule has 3 unspecified atom stereocenters. The van der Waals surface area contributed by atoms with E-state index in [-0.39, 0.29) is 12.1 Å². The average molecular weight is 281 g/mol. The molecule has 20 heavy (non-hydrogen) atoms. The van der Waals surface area contributed by atoms with Crippen molar-refractivity contribution in [2.75, 3.05) is 32.7 Å². The number of carbonyl (C=O) groups excluding carboxylic acids is 1. The first-order valence-corrected chi connectivity index (χ1v) is 8.32. The number of carbonyl (C=O) groups is 1. The zero-order valence-electron chi connectivity index (χ0n) is 13.4. The van der Waals surface area contributed by atoms with Crippen LogP contribution >= 0.6 is 0 Å². The van der Waals surface area contributed by atoms with Crippen molar-refractivity contribution >= 4 is 6.03 Å². The summed E-state index contributed by atoms with van der Waals surface area (Å²) < 4.78 is 0. The Morgan fingerprint density at radius 2 is 1.80 bits per heavy atom. The summed E-state index contributed by atoms with van der Waals surface area (Å²) >= 11 is 0. The summed E-state index contributed by atoms with van der Waals surface area (Å²) in [5.74, 6) is 1.45. The normalized spacial score (nSPS) is 30.1. The molecule has 0 saturated carbocycles. The number of amides is 2. The number of rotatable bonds is 3. The zero-order valence-corrected chi connectivity index (χ0v) is 13.4. The first-order valence-electron chi connectivity index (χ1n) is 8.32. The summed E-state index contributed by atoms with van der Waals surface area (Å²) in [6.07, 6.45) is 5.05. The minimum absolute atomic E-state index is 0.133. The number of nitrogens with one attached hydrogen (secondary N) is 1. The SMILES string of the molecule is CC1CCCN(CC(C)NC(=O)N2CCCC(C)C2)C1. The van der Waals surface area contributed by atoms with Crippen molar-refractivity contribution in [3.63, 3.8) is 0 Å². The van der Waals surface area contributed by atoms with Crippen LogP contribution in [-0.4, -0.2) is 54.6 Å². The Morgan fingerprint density at radius 1 is 1.15 bits per heavy atom. The summed E-state index contributed by atoms with van der Waals surface area (Å²) in [7, 11) is 0. The molecule has 116 valence electrons. The van der Waals surface area contributed by atoms with Gasteiger partial charge in [0.05, 0.1) is 0 Å². The molecule has 1 N–H and O–H groups in total. The van der Waals surface area contributed by atoms with Gasteiger partial charge in [0.2, 0.25) is 0 Å². The van der Waals surface area contributed by atoms with Crippen molar-refractivity contribution in [2.45, 2.75) is 52.5 Å². The van der Waals surface area contributed by atoms with Crippen LogP contribution in [0.2, 0.25) is 0 Å². The molecule has 2 saturated heterocycles. The van der Waals surface area contributed by atoms with Crippen molar-refractivity contribution in [1.29, 1.82) is 0 Å². The van der Waals surface area contributed by atoms with Crippen LogP contribution < -0.4 is 5.32 Å². The second-order valence-corrected chi connectivity index (χ2v) is 7.05. The molecule has 0 aliphatic carbocycles. The lowest BCUT2D eigenvalue weighted by Crippen LogP contribution is -2.51. The fraction of sp³-hybridized carbons (Fsp3) is 0.938. The van der Waals surface area contributed by atoms with Crippen LogP contribution in [0.3, 0.4) is 0 Å². The van der Waals surface area contributed by atoms with Gasteiger partial charge in [-0.2, -0.15) is 0 Å². The number of hydrogen-bond donors (Lipinski definition) is 1. The molecule has 0 spiro atoms. The van der Waals surface area contributed by atoms with Crippen LogP contribution in [0.15, 0.2) is 0 Å². The highest BCUT2D eigenvalue weighted by atomic mass is 16.2. The van der Waals surface area contributed by atoms with Crippen molar-refractivity contribution < 1.29 is 4.79 Å². The predicted octanol–water partition coefficient (Wildman–Crippen LogP) is 2.55. The first-order chi connectivity index (χ1) is 9.54. The Bertz CT molecular complexity index is 321. The zero-order chi connectivity index (χ0) is 14.5. The third-order valence-corrected chi connectivity index (χ3v) is 4.59. The molecule has 3 atom stereocenters. The molecular weight excluding hydrogens is 250 g/mol. The van der Waals surface area contributed by atoms with E-state index in [1.165, 1.54) is 32.4 Å². The van der Waals surface area contributed by atoms with E-state index in [1.54, 1.807) is 0 Å². The molecule has 0 aromatic carbocycles.